The van der Waals surface area contributed by atoms with E-state index in [2.05, 4.69) is 0 Å². The van der Waals surface area contributed by atoms with Crippen LogP contribution in [0.5, 0.6) is 0 Å². The Kier molecular flexibility index (Phi) is 11.5. The summed E-state index contributed by atoms with van der Waals surface area (Å²) in [7, 11) is 9.59. The quantitative estimate of drug-likeness (QED) is 0.317. The van der Waals surface area contributed by atoms with E-state index in [0.717, 1.165) is 55.2 Å². The molecule has 0 amide bonds. The van der Waals surface area contributed by atoms with Crippen LogP contribution in [0.2, 0.25) is 5.02 Å². The third-order valence-corrected chi connectivity index (χ3v) is 6.31. The normalized spacial score (nSPS) is 30.5. The molecule has 30 heavy (non-hydrogen) atoms. The van der Waals surface area contributed by atoms with Crippen molar-refractivity contribution in [2.75, 3.05) is 13.1 Å². The zero-order valence-corrected chi connectivity index (χ0v) is 20.6. The molecule has 3 aliphatic rings. The molecule has 0 N–H and O–H groups in total. The maximum absolute atomic E-state index is 6.35. The van der Waals surface area contributed by atoms with E-state index in [9.17, 15) is 0 Å². The van der Waals surface area contributed by atoms with Gasteiger partial charge < -0.3 is 21.3 Å². The second kappa shape index (κ2) is 13.8. The first-order valence-electron chi connectivity index (χ1n) is 10.9. The average Bonchev–Trinajstić information content (AvgIpc) is 2.75. The monoisotopic (exact) mass is 520 g/mol. The summed E-state index contributed by atoms with van der Waals surface area (Å²) >= 11 is 6.36. The van der Waals surface area contributed by atoms with Gasteiger partial charge in [-0.1, -0.05) is 63.0 Å². The van der Waals surface area contributed by atoms with Gasteiger partial charge in [0.05, 0.1) is 0 Å². The number of halogens is 3. The number of hydrogen-bond acceptors (Lipinski definition) is 1. The van der Waals surface area contributed by atoms with Crippen molar-refractivity contribution >= 4 is 31.8 Å². The largest absolute Gasteiger partial charge is 0 e. The first-order chi connectivity index (χ1) is 14.7. The van der Waals surface area contributed by atoms with Gasteiger partial charge in [0.25, 0.3) is 0 Å². The molecule has 179 valence electrons. The average molecular weight is 522 g/mol. The van der Waals surface area contributed by atoms with E-state index < -0.39 is 0 Å². The van der Waals surface area contributed by atoms with Gasteiger partial charge in [0.1, 0.15) is 0 Å². The van der Waals surface area contributed by atoms with Gasteiger partial charge in [-0.3, -0.25) is 4.98 Å². The number of aromatic nitrogens is 1. The third kappa shape index (κ3) is 8.06. The molecule has 2 bridgehead atoms. The van der Waals surface area contributed by atoms with Crippen LogP contribution in [0, 0.1) is 0 Å². The summed E-state index contributed by atoms with van der Waals surface area (Å²) in [6.45, 7) is 2.91. The summed E-state index contributed by atoms with van der Waals surface area (Å²) in [5.41, 5.74) is 1.91. The Bertz CT molecular complexity index is 608. The van der Waals surface area contributed by atoms with Crippen LogP contribution >= 0.6 is 31.8 Å². The molecule has 1 aromatic rings. The summed E-state index contributed by atoms with van der Waals surface area (Å²) in [4.78, 5) is 4.79. The Morgan fingerprint density at radius 3 is 1.50 bits per heavy atom. The molecule has 0 radical (unpaired) electrons. The van der Waals surface area contributed by atoms with Crippen molar-refractivity contribution in [3.8, 4) is 0 Å². The predicted octanol–water partition coefficient (Wildman–Crippen LogP) is 8.23. The van der Waals surface area contributed by atoms with Crippen LogP contribution in [0.25, 0.3) is 21.3 Å². The molecule has 1 aromatic heterocycles. The molecule has 9 heteroatoms. The van der Waals surface area contributed by atoms with E-state index in [1.807, 2.05) is 12.1 Å². The van der Waals surface area contributed by atoms with Crippen molar-refractivity contribution < 1.29 is 18.8 Å². The molecule has 0 saturated heterocycles. The van der Waals surface area contributed by atoms with E-state index >= 15 is 0 Å². The Hall–Kier alpha value is 0.379. The zero-order valence-electron chi connectivity index (χ0n) is 17.2. The SMILES string of the molecule is Clc1cc2nc(c1)C[N-][C@@H]1CCCC[C@H]1[N-]CC[N-][C@@H]1CCCC[C@H]1[N-]C2.[Cl][Mn][Cl].[HH].[HH].[HH].[HH]. The Balaban J connectivity index is 0. The number of rotatable bonds is 0. The van der Waals surface area contributed by atoms with E-state index in [1.54, 1.807) is 0 Å². The van der Waals surface area contributed by atoms with Gasteiger partial charge in [0, 0.05) is 22.1 Å². The van der Waals surface area contributed by atoms with Crippen molar-refractivity contribution in [2.24, 2.45) is 0 Å². The molecule has 0 spiro atoms. The molecule has 0 unspecified atom stereocenters. The second-order valence-corrected chi connectivity index (χ2v) is 10.5. The topological polar surface area (TPSA) is 69.3 Å². The summed E-state index contributed by atoms with van der Waals surface area (Å²) < 4.78 is 0. The van der Waals surface area contributed by atoms with Crippen molar-refractivity contribution in [3.63, 3.8) is 0 Å². The predicted molar refractivity (Wildman–Crippen MR) is 132 cm³/mol. The Morgan fingerprint density at radius 2 is 1.10 bits per heavy atom. The van der Waals surface area contributed by atoms with E-state index in [4.69, 9.17) is 58.0 Å². The minimum Gasteiger partial charge on any atom is 0 e. The Morgan fingerprint density at radius 1 is 0.733 bits per heavy atom. The number of nitrogens with zero attached hydrogens (tertiary/aromatic N) is 5. The minimum atomic E-state index is 0. The molecule has 2 heterocycles. The van der Waals surface area contributed by atoms with Crippen molar-refractivity contribution in [3.05, 3.63) is 49.8 Å². The number of fused-ring (bicyclic) bond motifs is 4. The first kappa shape index (κ1) is 25.0. The van der Waals surface area contributed by atoms with Crippen molar-refractivity contribution in [1.29, 1.82) is 0 Å². The molecule has 2 saturated carbocycles. The summed E-state index contributed by atoms with van der Waals surface area (Å²) in [5.74, 6) is 0. The molecule has 2 aliphatic carbocycles. The smallest absolute Gasteiger partial charge is 0 e. The van der Waals surface area contributed by atoms with Gasteiger partial charge in [-0.15, -0.1) is 13.1 Å². The van der Waals surface area contributed by atoms with Crippen molar-refractivity contribution in [2.45, 2.75) is 88.6 Å². The summed E-state index contributed by atoms with van der Waals surface area (Å²) in [6.07, 6.45) is 9.62. The molecule has 4 atom stereocenters. The van der Waals surface area contributed by atoms with E-state index in [-0.39, 0.29) is 18.8 Å². The zero-order chi connectivity index (χ0) is 21.2. The molecule has 5 nitrogen and oxygen atoms in total. The first-order valence-corrected chi connectivity index (χ1v) is 14.5. The van der Waals surface area contributed by atoms with Gasteiger partial charge in [-0.25, -0.2) is 0 Å². The van der Waals surface area contributed by atoms with E-state index in [0.29, 0.717) is 37.3 Å². The minimum absolute atomic E-state index is 0. The van der Waals surface area contributed by atoms with Gasteiger partial charge in [0.2, 0.25) is 0 Å². The summed E-state index contributed by atoms with van der Waals surface area (Å²) in [6, 6.07) is 5.23. The third-order valence-electron chi connectivity index (χ3n) is 6.09. The standard InChI is InChI=1S/C21H30ClN5.2ClH.Mn.4H2/c22-15-11-16-13-25-20-7-3-1-5-18(20)23-9-10-24-19-6-2-4-8-21(19)26-14-17(12-15)27-16;;;;;;;/h11-12,18-21H,1-10,13-14H2;2*1H;;4*1H/q-4;;;+2;;;;/p-2/t18-,19-,20-,21-;;;;;;;/m1......./s1. The van der Waals surface area contributed by atoms with Gasteiger partial charge in [-0.05, 0) is 12.1 Å². The van der Waals surface area contributed by atoms with Gasteiger partial charge in [-0.2, -0.15) is 37.3 Å². The van der Waals surface area contributed by atoms with Crippen LogP contribution in [0.3, 0.4) is 0 Å². The number of pyridine rings is 1. The summed E-state index contributed by atoms with van der Waals surface area (Å²) in [5, 5.41) is 20.6. The van der Waals surface area contributed by atoms with E-state index in [1.165, 1.54) is 25.7 Å². The van der Waals surface area contributed by atoms with Gasteiger partial charge >= 0.3 is 33.3 Å². The Labute approximate surface area is 206 Å². The molecular weight excluding hydrogens is 484 g/mol. The van der Waals surface area contributed by atoms with Crippen LogP contribution in [0.4, 0.5) is 0 Å². The molecule has 0 aromatic carbocycles. The maximum atomic E-state index is 6.35. The molecular formula is C21H38Cl3MnN5-4. The van der Waals surface area contributed by atoms with Crippen molar-refractivity contribution in [1.82, 2.24) is 4.98 Å². The molecule has 2 fully saturated rings. The fourth-order valence-electron chi connectivity index (χ4n) is 4.67. The maximum Gasteiger partial charge on any atom is 0 e. The fraction of sp³-hybridized carbons (Fsp3) is 0.762. The van der Waals surface area contributed by atoms with Crippen LogP contribution in [0.1, 0.15) is 68.5 Å². The van der Waals surface area contributed by atoms with Crippen LogP contribution in [0.15, 0.2) is 12.1 Å². The van der Waals surface area contributed by atoms with Crippen LogP contribution < -0.4 is 0 Å². The van der Waals surface area contributed by atoms with Gasteiger partial charge in [0.15, 0.2) is 0 Å². The fourth-order valence-corrected chi connectivity index (χ4v) is 4.93. The molecule has 1 aliphatic heterocycles. The molecule has 4 rings (SSSR count). The van der Waals surface area contributed by atoms with Crippen LogP contribution in [-0.4, -0.2) is 42.2 Å². The second-order valence-electron chi connectivity index (χ2n) is 8.15. The number of hydrogen-bond donors (Lipinski definition) is 0. The van der Waals surface area contributed by atoms with Crippen LogP contribution in [-0.2, 0) is 26.2 Å².